The number of carbonyl (C=O) groups is 1. The van der Waals surface area contributed by atoms with Gasteiger partial charge in [-0.2, -0.15) is 0 Å². The molecule has 3 saturated heterocycles. The second kappa shape index (κ2) is 7.67. The molecule has 3 atom stereocenters. The van der Waals surface area contributed by atoms with E-state index in [1.54, 1.807) is 11.0 Å². The number of nitrogens with one attached hydrogen (secondary N) is 1. The molecule has 4 aliphatic heterocycles. The monoisotopic (exact) mass is 442 g/mol. The first-order chi connectivity index (χ1) is 15.6. The Labute approximate surface area is 184 Å². The van der Waals surface area contributed by atoms with E-state index in [1.807, 2.05) is 4.90 Å². The molecule has 9 heteroatoms. The van der Waals surface area contributed by atoms with Crippen LogP contribution in [-0.2, 0) is 20.8 Å². The summed E-state index contributed by atoms with van der Waals surface area (Å²) in [4.78, 5) is 21.3. The van der Waals surface area contributed by atoms with Crippen LogP contribution in [0.25, 0.3) is 0 Å². The maximum absolute atomic E-state index is 15.3. The third kappa shape index (κ3) is 3.31. The van der Waals surface area contributed by atoms with Crippen molar-refractivity contribution in [2.24, 2.45) is 0 Å². The van der Waals surface area contributed by atoms with Gasteiger partial charge in [0.05, 0.1) is 48.6 Å². The van der Waals surface area contributed by atoms with Gasteiger partial charge in [-0.1, -0.05) is 0 Å². The molecule has 4 aliphatic rings. The summed E-state index contributed by atoms with van der Waals surface area (Å²) in [5, 5.41) is 3.11. The molecular weight excluding hydrogens is 418 g/mol. The van der Waals surface area contributed by atoms with Crippen LogP contribution in [0.5, 0.6) is 0 Å². The van der Waals surface area contributed by atoms with E-state index in [2.05, 4.69) is 10.3 Å². The molecular formula is C23H24F2N4O3. The van der Waals surface area contributed by atoms with Crippen LogP contribution in [0.2, 0.25) is 0 Å². The maximum Gasteiger partial charge on any atom is 0.256 e. The van der Waals surface area contributed by atoms with Gasteiger partial charge in [-0.25, -0.2) is 13.8 Å². The number of morpholine rings is 1. The van der Waals surface area contributed by atoms with Crippen molar-refractivity contribution in [2.75, 3.05) is 34.9 Å². The number of carbonyl (C=O) groups excluding carboxylic acids is 1. The average Bonchev–Trinajstić information content (AvgIpc) is 3.40. The summed E-state index contributed by atoms with van der Waals surface area (Å²) in [6.07, 6.45) is 4.00. The number of nitrogens with zero attached hydrogens (tertiary/aromatic N) is 3. The number of pyridine rings is 1. The fourth-order valence-corrected chi connectivity index (χ4v) is 5.19. The van der Waals surface area contributed by atoms with E-state index in [-0.39, 0.29) is 30.4 Å². The van der Waals surface area contributed by atoms with Crippen LogP contribution in [0.15, 0.2) is 24.4 Å². The van der Waals surface area contributed by atoms with Crippen LogP contribution in [0.3, 0.4) is 0 Å². The highest BCUT2D eigenvalue weighted by molar-refractivity contribution is 6.01. The lowest BCUT2D eigenvalue weighted by Crippen LogP contribution is -2.42. The minimum atomic E-state index is -0.565. The zero-order chi connectivity index (χ0) is 21.8. The Bertz CT molecular complexity index is 1080. The minimum absolute atomic E-state index is 0.112. The first-order valence-corrected chi connectivity index (χ1v) is 11.1. The molecule has 1 aromatic heterocycles. The predicted molar refractivity (Wildman–Crippen MR) is 114 cm³/mol. The number of amides is 1. The summed E-state index contributed by atoms with van der Waals surface area (Å²) in [5.74, 6) is -0.657. The van der Waals surface area contributed by atoms with Gasteiger partial charge in [-0.3, -0.25) is 4.79 Å². The van der Waals surface area contributed by atoms with Crippen LogP contribution >= 0.6 is 0 Å². The van der Waals surface area contributed by atoms with Crippen LogP contribution < -0.4 is 15.1 Å². The third-order valence-electron chi connectivity index (χ3n) is 6.80. The molecule has 2 aromatic rings. The van der Waals surface area contributed by atoms with Crippen LogP contribution in [-0.4, -0.2) is 48.9 Å². The fraction of sp³-hybridized carbons (Fsp3) is 0.478. The van der Waals surface area contributed by atoms with E-state index in [0.717, 1.165) is 25.5 Å². The second-order valence-corrected chi connectivity index (χ2v) is 8.88. The Morgan fingerprint density at radius 3 is 2.81 bits per heavy atom. The summed E-state index contributed by atoms with van der Waals surface area (Å²) >= 11 is 0. The summed E-state index contributed by atoms with van der Waals surface area (Å²) in [7, 11) is 0. The number of fused-ring (bicyclic) bond motifs is 4. The van der Waals surface area contributed by atoms with Gasteiger partial charge < -0.3 is 24.6 Å². The maximum atomic E-state index is 15.3. The van der Waals surface area contributed by atoms with Crippen molar-refractivity contribution in [2.45, 2.75) is 50.5 Å². The highest BCUT2D eigenvalue weighted by Gasteiger charge is 2.41. The summed E-state index contributed by atoms with van der Waals surface area (Å²) in [6.45, 7) is 1.86. The molecule has 6 rings (SSSR count). The molecule has 32 heavy (non-hydrogen) atoms. The van der Waals surface area contributed by atoms with E-state index < -0.39 is 11.9 Å². The van der Waals surface area contributed by atoms with Gasteiger partial charge in [0.1, 0.15) is 23.6 Å². The van der Waals surface area contributed by atoms with Gasteiger partial charge in [-0.05, 0) is 37.8 Å². The molecule has 2 unspecified atom stereocenters. The molecule has 1 amide bonds. The van der Waals surface area contributed by atoms with E-state index in [4.69, 9.17) is 9.47 Å². The summed E-state index contributed by atoms with van der Waals surface area (Å²) in [6, 6.07) is 4.61. The molecule has 0 saturated carbocycles. The average molecular weight is 442 g/mol. The zero-order valence-corrected chi connectivity index (χ0v) is 17.5. The number of hydrogen-bond donors (Lipinski definition) is 1. The number of benzene rings is 1. The molecule has 1 N–H and O–H groups in total. The van der Waals surface area contributed by atoms with E-state index in [0.29, 0.717) is 54.6 Å². The number of ether oxygens (including phenoxy) is 2. The van der Waals surface area contributed by atoms with Crippen molar-refractivity contribution in [3.63, 3.8) is 0 Å². The van der Waals surface area contributed by atoms with Gasteiger partial charge in [-0.15, -0.1) is 0 Å². The molecule has 1 aromatic carbocycles. The van der Waals surface area contributed by atoms with Crippen molar-refractivity contribution in [3.8, 4) is 0 Å². The third-order valence-corrected chi connectivity index (χ3v) is 6.80. The summed E-state index contributed by atoms with van der Waals surface area (Å²) < 4.78 is 40.7. The Hall–Kier alpha value is -2.78. The lowest BCUT2D eigenvalue weighted by atomic mass is 10.1. The van der Waals surface area contributed by atoms with Crippen LogP contribution in [0, 0.1) is 11.6 Å². The number of anilines is 4. The van der Waals surface area contributed by atoms with Crippen LogP contribution in [0.1, 0.15) is 31.2 Å². The smallest absolute Gasteiger partial charge is 0.256 e. The number of rotatable bonds is 2. The van der Waals surface area contributed by atoms with Crippen molar-refractivity contribution in [3.05, 3.63) is 41.6 Å². The van der Waals surface area contributed by atoms with E-state index >= 15 is 4.39 Å². The lowest BCUT2D eigenvalue weighted by molar-refractivity contribution is -0.132. The second-order valence-electron chi connectivity index (χ2n) is 8.88. The minimum Gasteiger partial charge on any atom is -0.374 e. The molecule has 7 nitrogen and oxygen atoms in total. The van der Waals surface area contributed by atoms with Crippen molar-refractivity contribution in [1.82, 2.24) is 4.98 Å². The molecule has 168 valence electrons. The number of halogens is 2. The van der Waals surface area contributed by atoms with Crippen molar-refractivity contribution < 1.29 is 23.0 Å². The van der Waals surface area contributed by atoms with Gasteiger partial charge >= 0.3 is 0 Å². The molecule has 3 fully saturated rings. The first kappa shape index (κ1) is 19.9. The largest absolute Gasteiger partial charge is 0.374 e. The normalized spacial score (nSPS) is 26.4. The van der Waals surface area contributed by atoms with Crippen LogP contribution in [0.4, 0.5) is 31.7 Å². The molecule has 0 spiro atoms. The molecule has 0 radical (unpaired) electrons. The Kier molecular flexibility index (Phi) is 4.76. The first-order valence-electron chi connectivity index (χ1n) is 11.1. The zero-order valence-electron chi connectivity index (χ0n) is 17.5. The Balaban J connectivity index is 1.44. The van der Waals surface area contributed by atoms with Gasteiger partial charge in [0.15, 0.2) is 0 Å². The van der Waals surface area contributed by atoms with Crippen molar-refractivity contribution in [1.29, 1.82) is 0 Å². The number of hydrogen-bond acceptors (Lipinski definition) is 6. The molecule has 0 aliphatic carbocycles. The van der Waals surface area contributed by atoms with Crippen molar-refractivity contribution >= 4 is 28.8 Å². The molecule has 5 heterocycles. The topological polar surface area (TPSA) is 66.9 Å². The standard InChI is InChI=1S/C23H24F2N4O3/c24-14-5-13-10-29(23(30)21-3-1-2-4-31-21)20-8-19(28-11-16-6-15(28)12-32-16)17(25)7-18(20)27-22(13)26-9-14/h5,7-9,15-16,21H,1-4,6,10-12H2,(H,26,27)/t15?,16-,21?/m0/s1. The summed E-state index contributed by atoms with van der Waals surface area (Å²) in [5.41, 5.74) is 1.95. The fourth-order valence-electron chi connectivity index (χ4n) is 5.19. The Morgan fingerprint density at radius 2 is 2.06 bits per heavy atom. The highest BCUT2D eigenvalue weighted by Crippen LogP contribution is 2.42. The quantitative estimate of drug-likeness (QED) is 0.768. The SMILES string of the molecule is O=C(C1CCCCO1)N1Cc2cc(F)cnc2Nc2cc(F)c(N3C[C@@H]4CC3CO4)cc21. The van der Waals surface area contributed by atoms with Gasteiger partial charge in [0.2, 0.25) is 0 Å². The van der Waals surface area contributed by atoms with Gasteiger partial charge in [0, 0.05) is 24.8 Å². The van der Waals surface area contributed by atoms with Gasteiger partial charge in [0.25, 0.3) is 5.91 Å². The Morgan fingerprint density at radius 1 is 1.16 bits per heavy atom. The van der Waals surface area contributed by atoms with E-state index in [1.165, 1.54) is 12.1 Å². The molecule has 2 bridgehead atoms. The lowest BCUT2D eigenvalue weighted by Gasteiger charge is -2.32. The highest BCUT2D eigenvalue weighted by atomic mass is 19.1. The number of aromatic nitrogens is 1. The predicted octanol–water partition coefficient (Wildman–Crippen LogP) is 3.50. The van der Waals surface area contributed by atoms with E-state index in [9.17, 15) is 9.18 Å².